The zero-order chi connectivity index (χ0) is 25.3. The Kier molecular flexibility index (Phi) is 7.25. The fourth-order valence-electron chi connectivity index (χ4n) is 3.26. The molecule has 2 aromatic carbocycles. The van der Waals surface area contributed by atoms with Gasteiger partial charge in [-0.25, -0.2) is 9.59 Å². The molecule has 7 nitrogen and oxygen atoms in total. The van der Waals surface area contributed by atoms with E-state index < -0.39 is 35.2 Å². The summed E-state index contributed by atoms with van der Waals surface area (Å²) >= 11 is 3.37. The van der Waals surface area contributed by atoms with E-state index in [-0.39, 0.29) is 25.4 Å². The molecule has 0 bridgehead atoms. The Bertz CT molecular complexity index is 1100. The molecular weight excluding hydrogens is 521 g/mol. The first-order valence-electron chi connectivity index (χ1n) is 10.3. The lowest BCUT2D eigenvalue weighted by Gasteiger charge is -2.25. The molecule has 0 unspecified atom stereocenters. The first kappa shape index (κ1) is 25.5. The van der Waals surface area contributed by atoms with Crippen molar-refractivity contribution in [3.8, 4) is 5.75 Å². The number of carbonyl (C=O) groups is 3. The second-order valence-corrected chi connectivity index (χ2v) is 8.85. The van der Waals surface area contributed by atoms with Crippen LogP contribution in [0, 0.1) is 0 Å². The summed E-state index contributed by atoms with van der Waals surface area (Å²) in [5.41, 5.74) is -1.28. The molecule has 34 heavy (non-hydrogen) atoms. The molecule has 1 heterocycles. The molecule has 0 spiro atoms. The molecular formula is C23H22BrF3N2O5. The maximum absolute atomic E-state index is 12.8. The molecule has 0 aromatic heterocycles. The van der Waals surface area contributed by atoms with E-state index in [1.54, 1.807) is 39.0 Å². The van der Waals surface area contributed by atoms with Crippen LogP contribution < -0.4 is 9.64 Å². The third-order valence-electron chi connectivity index (χ3n) is 5.03. The van der Waals surface area contributed by atoms with Crippen molar-refractivity contribution < 1.29 is 37.0 Å². The molecule has 0 atom stereocenters. The van der Waals surface area contributed by atoms with E-state index in [4.69, 9.17) is 9.47 Å². The number of amides is 3. The molecule has 3 rings (SSSR count). The molecule has 0 radical (unpaired) electrons. The maximum Gasteiger partial charge on any atom is 0.416 e. The number of anilines is 1. The molecule has 0 saturated carbocycles. The number of esters is 1. The highest BCUT2D eigenvalue weighted by molar-refractivity contribution is 9.10. The van der Waals surface area contributed by atoms with E-state index >= 15 is 0 Å². The van der Waals surface area contributed by atoms with Crippen molar-refractivity contribution in [1.29, 1.82) is 0 Å². The molecule has 1 aliphatic rings. The maximum atomic E-state index is 12.8. The lowest BCUT2D eigenvalue weighted by atomic mass is 10.1. The summed E-state index contributed by atoms with van der Waals surface area (Å²) in [7, 11) is 0. The fourth-order valence-corrected chi connectivity index (χ4v) is 3.77. The fraction of sp³-hybridized carbons (Fsp3) is 0.348. The average molecular weight is 543 g/mol. The van der Waals surface area contributed by atoms with Crippen LogP contribution >= 0.6 is 15.9 Å². The van der Waals surface area contributed by atoms with Crippen molar-refractivity contribution in [3.05, 3.63) is 58.1 Å². The summed E-state index contributed by atoms with van der Waals surface area (Å²) in [5, 5.41) is 0. The molecule has 182 valence electrons. The number of nitrogens with zero attached hydrogens (tertiary/aromatic N) is 2. The number of hydrogen-bond donors (Lipinski definition) is 0. The second kappa shape index (κ2) is 9.65. The van der Waals surface area contributed by atoms with Crippen molar-refractivity contribution in [1.82, 2.24) is 4.90 Å². The molecule has 1 saturated heterocycles. The zero-order valence-electron chi connectivity index (χ0n) is 18.6. The van der Waals surface area contributed by atoms with Gasteiger partial charge in [0.25, 0.3) is 5.91 Å². The summed E-state index contributed by atoms with van der Waals surface area (Å²) in [6.45, 7) is 4.73. The van der Waals surface area contributed by atoms with Gasteiger partial charge in [-0.1, -0.05) is 6.07 Å². The van der Waals surface area contributed by atoms with Crippen molar-refractivity contribution >= 4 is 39.5 Å². The number of halogens is 4. The van der Waals surface area contributed by atoms with Gasteiger partial charge in [0, 0.05) is 5.69 Å². The molecule has 3 amide bonds. The SMILES string of the molecule is CCOC(=O)C(C)(C)Oc1ccc(CN2C(=O)CN(c3ccc(C(F)(F)F)cc3)C2=O)cc1Br. The first-order valence-corrected chi connectivity index (χ1v) is 11.1. The predicted molar refractivity (Wildman–Crippen MR) is 120 cm³/mol. The van der Waals surface area contributed by atoms with E-state index in [0.717, 1.165) is 34.1 Å². The number of hydrogen-bond acceptors (Lipinski definition) is 5. The minimum atomic E-state index is -4.50. The number of alkyl halides is 3. The molecule has 11 heteroatoms. The first-order chi connectivity index (χ1) is 15.8. The standard InChI is InChI=1S/C23H22BrF3N2O5/c1-4-33-20(31)22(2,3)34-18-10-5-14(11-17(18)24)12-29-19(30)13-28(21(29)32)16-8-6-15(7-9-16)23(25,26)27/h5-11H,4,12-13H2,1-3H3. The summed E-state index contributed by atoms with van der Waals surface area (Å²) < 4.78 is 49.6. The number of rotatable bonds is 7. The number of imide groups is 1. The monoisotopic (exact) mass is 542 g/mol. The minimum Gasteiger partial charge on any atom is -0.475 e. The Morgan fingerprint density at radius 2 is 1.74 bits per heavy atom. The van der Waals surface area contributed by atoms with Crippen molar-refractivity contribution in [2.75, 3.05) is 18.1 Å². The van der Waals surface area contributed by atoms with Crippen LogP contribution in [0.4, 0.5) is 23.7 Å². The third-order valence-corrected chi connectivity index (χ3v) is 5.65. The molecule has 1 fully saturated rings. The van der Waals surface area contributed by atoms with Crippen molar-refractivity contribution in [2.24, 2.45) is 0 Å². The molecule has 2 aromatic rings. The van der Waals surface area contributed by atoms with Crippen LogP contribution in [0.15, 0.2) is 46.9 Å². The highest BCUT2D eigenvalue weighted by atomic mass is 79.9. The van der Waals surface area contributed by atoms with Gasteiger partial charge in [0.1, 0.15) is 12.3 Å². The number of benzene rings is 2. The van der Waals surface area contributed by atoms with Crippen LogP contribution in [0.25, 0.3) is 0 Å². The summed E-state index contributed by atoms with van der Waals surface area (Å²) in [6, 6.07) is 8.30. The lowest BCUT2D eigenvalue weighted by Crippen LogP contribution is -2.39. The van der Waals surface area contributed by atoms with Crippen LogP contribution in [-0.4, -0.2) is 41.6 Å². The van der Waals surface area contributed by atoms with Crippen LogP contribution in [0.1, 0.15) is 31.9 Å². The molecule has 1 aliphatic heterocycles. The van der Waals surface area contributed by atoms with E-state index in [2.05, 4.69) is 15.9 Å². The Morgan fingerprint density at radius 3 is 2.29 bits per heavy atom. The highest BCUT2D eigenvalue weighted by Crippen LogP contribution is 2.33. The number of carbonyl (C=O) groups excluding carboxylic acids is 3. The summed E-state index contributed by atoms with van der Waals surface area (Å²) in [4.78, 5) is 39.5. The highest BCUT2D eigenvalue weighted by Gasteiger charge is 2.38. The Labute approximate surface area is 202 Å². The normalized spacial score (nSPS) is 14.6. The van der Waals surface area contributed by atoms with E-state index in [9.17, 15) is 27.6 Å². The Balaban J connectivity index is 1.72. The smallest absolute Gasteiger partial charge is 0.416 e. The van der Waals surface area contributed by atoms with E-state index in [1.165, 1.54) is 0 Å². The van der Waals surface area contributed by atoms with Crippen molar-refractivity contribution in [2.45, 2.75) is 39.1 Å². The predicted octanol–water partition coefficient (Wildman–Crippen LogP) is 5.16. The Morgan fingerprint density at radius 1 is 1.09 bits per heavy atom. The van der Waals surface area contributed by atoms with E-state index in [1.807, 2.05) is 0 Å². The quantitative estimate of drug-likeness (QED) is 0.357. The van der Waals surface area contributed by atoms with Crippen LogP contribution in [0.2, 0.25) is 0 Å². The van der Waals surface area contributed by atoms with Gasteiger partial charge in [0.15, 0.2) is 5.60 Å². The van der Waals surface area contributed by atoms with Gasteiger partial charge >= 0.3 is 18.2 Å². The largest absolute Gasteiger partial charge is 0.475 e. The third kappa shape index (κ3) is 5.52. The van der Waals surface area contributed by atoms with Gasteiger partial charge in [0.2, 0.25) is 0 Å². The van der Waals surface area contributed by atoms with Crippen LogP contribution in [0.5, 0.6) is 5.75 Å². The van der Waals surface area contributed by atoms with Crippen molar-refractivity contribution in [3.63, 3.8) is 0 Å². The van der Waals surface area contributed by atoms with Gasteiger partial charge in [-0.05, 0) is 78.7 Å². The molecule has 0 N–H and O–H groups in total. The summed E-state index contributed by atoms with van der Waals surface area (Å²) in [6.07, 6.45) is -4.50. The van der Waals surface area contributed by atoms with Gasteiger partial charge in [-0.15, -0.1) is 0 Å². The minimum absolute atomic E-state index is 0.0467. The topological polar surface area (TPSA) is 76.2 Å². The number of urea groups is 1. The Hall–Kier alpha value is -3.08. The van der Waals surface area contributed by atoms with Crippen LogP contribution in [0.3, 0.4) is 0 Å². The average Bonchev–Trinajstić information content (AvgIpc) is 3.03. The summed E-state index contributed by atoms with van der Waals surface area (Å²) in [5.74, 6) is -0.639. The van der Waals surface area contributed by atoms with Gasteiger partial charge in [-0.2, -0.15) is 13.2 Å². The van der Waals surface area contributed by atoms with Crippen LogP contribution in [-0.2, 0) is 27.0 Å². The number of ether oxygens (including phenoxy) is 2. The van der Waals surface area contributed by atoms with Gasteiger partial charge in [-0.3, -0.25) is 14.6 Å². The van der Waals surface area contributed by atoms with E-state index in [0.29, 0.717) is 15.8 Å². The molecule has 0 aliphatic carbocycles. The zero-order valence-corrected chi connectivity index (χ0v) is 20.2. The lowest BCUT2D eigenvalue weighted by molar-refractivity contribution is -0.158. The second-order valence-electron chi connectivity index (χ2n) is 7.99. The van der Waals surface area contributed by atoms with Gasteiger partial charge < -0.3 is 9.47 Å². The van der Waals surface area contributed by atoms with Gasteiger partial charge in [0.05, 0.1) is 23.2 Å².